The smallest absolute Gasteiger partial charge is 0.335 e. The van der Waals surface area contributed by atoms with Crippen molar-refractivity contribution in [1.82, 2.24) is 0 Å². The Morgan fingerprint density at radius 1 is 1.57 bits per heavy atom. The van der Waals surface area contributed by atoms with Gasteiger partial charge < -0.3 is 5.11 Å². The van der Waals surface area contributed by atoms with Gasteiger partial charge in [0.25, 0.3) is 0 Å². The predicted molar refractivity (Wildman–Crippen MR) is 47.8 cm³/mol. The molecule has 1 N–H and O–H groups in total. The van der Waals surface area contributed by atoms with Crippen LogP contribution in [-0.4, -0.2) is 11.1 Å². The van der Waals surface area contributed by atoms with E-state index in [0.29, 0.717) is 0 Å². The number of carbonyl (C=O) groups is 1. The van der Waals surface area contributed by atoms with Crippen LogP contribution in [0.15, 0.2) is 24.8 Å². The number of hydrogen-bond donors (Lipinski definition) is 1. The van der Waals surface area contributed by atoms with E-state index in [-0.39, 0.29) is 16.7 Å². The minimum absolute atomic E-state index is 0.165. The van der Waals surface area contributed by atoms with Gasteiger partial charge in [-0.2, -0.15) is 5.26 Å². The van der Waals surface area contributed by atoms with E-state index in [1.807, 2.05) is 0 Å². The molecule has 0 amide bonds. The Morgan fingerprint density at radius 3 is 2.71 bits per heavy atom. The van der Waals surface area contributed by atoms with E-state index in [0.717, 1.165) is 12.1 Å². The van der Waals surface area contributed by atoms with Crippen molar-refractivity contribution in [3.05, 3.63) is 41.7 Å². The molecule has 1 aromatic rings. The molecule has 0 saturated heterocycles. The summed E-state index contributed by atoms with van der Waals surface area (Å²) in [5.74, 6) is -1.87. The monoisotopic (exact) mass is 191 g/mol. The first-order valence-corrected chi connectivity index (χ1v) is 3.68. The highest BCUT2D eigenvalue weighted by molar-refractivity contribution is 6.14. The van der Waals surface area contributed by atoms with Gasteiger partial charge in [0.05, 0.1) is 11.1 Å². The molecular weight excluding hydrogens is 185 g/mol. The summed E-state index contributed by atoms with van der Waals surface area (Å²) >= 11 is 0. The molecule has 0 aliphatic heterocycles. The Labute approximate surface area is 79.7 Å². The number of carboxylic acids is 1. The first-order valence-electron chi connectivity index (χ1n) is 3.68. The SMILES string of the molecule is C=C(C(=O)O)c1ccc(F)c(C#N)c1. The first kappa shape index (κ1) is 9.93. The molecule has 0 aliphatic rings. The predicted octanol–water partition coefficient (Wildman–Crippen LogP) is 1.80. The molecule has 0 aromatic heterocycles. The molecule has 0 heterocycles. The van der Waals surface area contributed by atoms with E-state index in [9.17, 15) is 9.18 Å². The van der Waals surface area contributed by atoms with Crippen LogP contribution in [0.1, 0.15) is 11.1 Å². The lowest BCUT2D eigenvalue weighted by atomic mass is 10.0. The highest BCUT2D eigenvalue weighted by Crippen LogP contribution is 2.16. The molecule has 0 fully saturated rings. The zero-order valence-corrected chi connectivity index (χ0v) is 7.12. The Balaban J connectivity index is 3.21. The van der Waals surface area contributed by atoms with Gasteiger partial charge in [-0.25, -0.2) is 9.18 Å². The van der Waals surface area contributed by atoms with E-state index >= 15 is 0 Å². The van der Waals surface area contributed by atoms with Crippen molar-refractivity contribution in [1.29, 1.82) is 5.26 Å². The van der Waals surface area contributed by atoms with Gasteiger partial charge in [-0.1, -0.05) is 12.6 Å². The minimum atomic E-state index is -1.19. The van der Waals surface area contributed by atoms with Gasteiger partial charge in [-0.3, -0.25) is 0 Å². The number of halogens is 1. The largest absolute Gasteiger partial charge is 0.478 e. The molecule has 3 nitrogen and oxygen atoms in total. The molecule has 14 heavy (non-hydrogen) atoms. The molecule has 0 atom stereocenters. The van der Waals surface area contributed by atoms with Crippen LogP contribution >= 0.6 is 0 Å². The van der Waals surface area contributed by atoms with E-state index < -0.39 is 11.8 Å². The highest BCUT2D eigenvalue weighted by Gasteiger charge is 2.09. The second-order valence-electron chi connectivity index (χ2n) is 2.59. The fourth-order valence-corrected chi connectivity index (χ4v) is 0.922. The Kier molecular flexibility index (Phi) is 2.63. The minimum Gasteiger partial charge on any atom is -0.478 e. The molecular formula is C10H6FNO2. The molecule has 0 radical (unpaired) electrons. The van der Waals surface area contributed by atoms with E-state index in [4.69, 9.17) is 10.4 Å². The summed E-state index contributed by atoms with van der Waals surface area (Å²) in [6.45, 7) is 3.30. The summed E-state index contributed by atoms with van der Waals surface area (Å²) in [4.78, 5) is 10.5. The fourth-order valence-electron chi connectivity index (χ4n) is 0.922. The third-order valence-electron chi connectivity index (χ3n) is 1.69. The number of nitrogens with zero attached hydrogens (tertiary/aromatic N) is 1. The molecule has 0 spiro atoms. The third-order valence-corrected chi connectivity index (χ3v) is 1.69. The topological polar surface area (TPSA) is 61.1 Å². The number of benzene rings is 1. The van der Waals surface area contributed by atoms with Crippen LogP contribution in [0, 0.1) is 17.1 Å². The number of hydrogen-bond acceptors (Lipinski definition) is 2. The van der Waals surface area contributed by atoms with Crippen LogP contribution < -0.4 is 0 Å². The molecule has 1 rings (SSSR count). The zero-order chi connectivity index (χ0) is 10.7. The fraction of sp³-hybridized carbons (Fsp3) is 0. The van der Waals surface area contributed by atoms with Crippen LogP contribution in [0.4, 0.5) is 4.39 Å². The van der Waals surface area contributed by atoms with Crippen molar-refractivity contribution in [2.45, 2.75) is 0 Å². The van der Waals surface area contributed by atoms with Crippen LogP contribution in [-0.2, 0) is 4.79 Å². The Hall–Kier alpha value is -2.15. The molecule has 0 bridgehead atoms. The van der Waals surface area contributed by atoms with Crippen LogP contribution in [0.2, 0.25) is 0 Å². The number of carboxylic acid groups (broad SMARTS) is 1. The van der Waals surface area contributed by atoms with Crippen molar-refractivity contribution < 1.29 is 14.3 Å². The molecule has 1 aromatic carbocycles. The zero-order valence-electron chi connectivity index (χ0n) is 7.12. The van der Waals surface area contributed by atoms with E-state index in [1.165, 1.54) is 6.07 Å². The van der Waals surface area contributed by atoms with Crippen LogP contribution in [0.3, 0.4) is 0 Å². The average molecular weight is 191 g/mol. The van der Waals surface area contributed by atoms with Gasteiger partial charge in [0.1, 0.15) is 11.9 Å². The summed E-state index contributed by atoms with van der Waals surface area (Å²) < 4.78 is 12.8. The standard InChI is InChI=1S/C10H6FNO2/c1-6(10(13)14)7-2-3-9(11)8(4-7)5-12/h2-4H,1H2,(H,13,14). The lowest BCUT2D eigenvalue weighted by Crippen LogP contribution is -1.98. The Bertz CT molecular complexity index is 446. The normalized spacial score (nSPS) is 9.14. The summed E-state index contributed by atoms with van der Waals surface area (Å²) in [6.07, 6.45) is 0. The lowest BCUT2D eigenvalue weighted by Gasteiger charge is -2.00. The lowest BCUT2D eigenvalue weighted by molar-refractivity contribution is -0.130. The summed E-state index contributed by atoms with van der Waals surface area (Å²) in [5.41, 5.74) is -0.123. The molecule has 4 heteroatoms. The van der Waals surface area contributed by atoms with E-state index in [1.54, 1.807) is 6.07 Å². The molecule has 0 unspecified atom stereocenters. The van der Waals surface area contributed by atoms with Crippen molar-refractivity contribution in [2.75, 3.05) is 0 Å². The molecule has 0 saturated carbocycles. The molecule has 0 aliphatic carbocycles. The number of nitriles is 1. The quantitative estimate of drug-likeness (QED) is 0.725. The van der Waals surface area contributed by atoms with Crippen molar-refractivity contribution in [2.24, 2.45) is 0 Å². The second kappa shape index (κ2) is 3.71. The van der Waals surface area contributed by atoms with Crippen molar-refractivity contribution in [3.8, 4) is 6.07 Å². The number of rotatable bonds is 2. The third kappa shape index (κ3) is 1.77. The summed E-state index contributed by atoms with van der Waals surface area (Å²) in [5, 5.41) is 17.1. The van der Waals surface area contributed by atoms with Gasteiger partial charge >= 0.3 is 5.97 Å². The Morgan fingerprint density at radius 2 is 2.21 bits per heavy atom. The molecule has 70 valence electrons. The highest BCUT2D eigenvalue weighted by atomic mass is 19.1. The average Bonchev–Trinajstić information content (AvgIpc) is 2.17. The summed E-state index contributed by atoms with van der Waals surface area (Å²) in [6, 6.07) is 5.09. The summed E-state index contributed by atoms with van der Waals surface area (Å²) in [7, 11) is 0. The second-order valence-corrected chi connectivity index (χ2v) is 2.59. The van der Waals surface area contributed by atoms with Crippen molar-refractivity contribution >= 4 is 11.5 Å². The van der Waals surface area contributed by atoms with Gasteiger partial charge in [0.2, 0.25) is 0 Å². The maximum absolute atomic E-state index is 12.8. The van der Waals surface area contributed by atoms with Gasteiger partial charge in [0, 0.05) is 0 Å². The maximum atomic E-state index is 12.8. The van der Waals surface area contributed by atoms with Crippen molar-refractivity contribution in [3.63, 3.8) is 0 Å². The number of aliphatic carboxylic acids is 1. The maximum Gasteiger partial charge on any atom is 0.335 e. The van der Waals surface area contributed by atoms with Crippen LogP contribution in [0.25, 0.3) is 5.57 Å². The van der Waals surface area contributed by atoms with Crippen LogP contribution in [0.5, 0.6) is 0 Å². The van der Waals surface area contributed by atoms with Gasteiger partial charge in [-0.15, -0.1) is 0 Å². The van der Waals surface area contributed by atoms with Gasteiger partial charge in [0.15, 0.2) is 0 Å². The van der Waals surface area contributed by atoms with Gasteiger partial charge in [-0.05, 0) is 17.7 Å². The first-order chi connectivity index (χ1) is 6.56. The van der Waals surface area contributed by atoms with E-state index in [2.05, 4.69) is 6.58 Å².